The molecule has 0 aliphatic rings. The van der Waals surface area contributed by atoms with Crippen molar-refractivity contribution in [2.75, 3.05) is 0 Å². The van der Waals surface area contributed by atoms with Gasteiger partial charge in [-0.15, -0.1) is 0 Å². The molecule has 0 aromatic heterocycles. The van der Waals surface area contributed by atoms with E-state index in [9.17, 15) is 14.7 Å². The van der Waals surface area contributed by atoms with Crippen LogP contribution in [0.4, 0.5) is 0 Å². The Morgan fingerprint density at radius 1 is 1.00 bits per heavy atom. The Labute approximate surface area is 145 Å². The number of aliphatic hydroxyl groups excluding tert-OH is 1. The summed E-state index contributed by atoms with van der Waals surface area (Å²) in [6.07, 6.45) is 19.3. The van der Waals surface area contributed by atoms with E-state index in [2.05, 4.69) is 13.0 Å². The van der Waals surface area contributed by atoms with Gasteiger partial charge in [-0.25, -0.2) is 0 Å². The monoisotopic (exact) mass is 334 g/mol. The van der Waals surface area contributed by atoms with Gasteiger partial charge in [0.1, 0.15) is 0 Å². The number of aliphatic hydroxyl groups is 1. The second-order valence-electron chi connectivity index (χ2n) is 5.62. The van der Waals surface area contributed by atoms with Gasteiger partial charge >= 0.3 is 5.97 Å². The molecular formula is C20H30O4. The zero-order valence-corrected chi connectivity index (χ0v) is 14.6. The molecule has 0 saturated carbocycles. The number of hydrogen-bond donors (Lipinski definition) is 2. The number of carbonyl (C=O) groups is 2. The van der Waals surface area contributed by atoms with E-state index in [1.165, 1.54) is 25.3 Å². The third kappa shape index (κ3) is 16.4. The Bertz CT molecular complexity index is 458. The fourth-order valence-electron chi connectivity index (χ4n) is 1.94. The number of ketones is 1. The van der Waals surface area contributed by atoms with Crippen LogP contribution in [0.1, 0.15) is 58.3 Å². The molecule has 0 unspecified atom stereocenters. The number of carbonyl (C=O) groups excluding carboxylic acids is 1. The average Bonchev–Trinajstić information content (AvgIpc) is 2.53. The third-order valence-electron chi connectivity index (χ3n) is 3.30. The fourth-order valence-corrected chi connectivity index (χ4v) is 1.94. The molecule has 2 N–H and O–H groups in total. The molecule has 0 fully saturated rings. The van der Waals surface area contributed by atoms with Crippen molar-refractivity contribution in [1.82, 2.24) is 0 Å². The van der Waals surface area contributed by atoms with Gasteiger partial charge in [-0.2, -0.15) is 0 Å². The second kappa shape index (κ2) is 15.9. The van der Waals surface area contributed by atoms with E-state index in [0.717, 1.165) is 6.42 Å². The number of carboxylic acid groups (broad SMARTS) is 1. The van der Waals surface area contributed by atoms with Gasteiger partial charge < -0.3 is 10.2 Å². The first-order chi connectivity index (χ1) is 11.6. The summed E-state index contributed by atoms with van der Waals surface area (Å²) in [6, 6.07) is 0. The molecule has 0 amide bonds. The van der Waals surface area contributed by atoms with Crippen LogP contribution in [0, 0.1) is 0 Å². The van der Waals surface area contributed by atoms with Crippen LogP contribution in [0.5, 0.6) is 0 Å². The number of allylic oxidation sites excluding steroid dienone is 7. The zero-order valence-electron chi connectivity index (χ0n) is 14.6. The lowest BCUT2D eigenvalue weighted by atomic mass is 10.1. The number of carboxylic acids is 1. The molecule has 134 valence electrons. The van der Waals surface area contributed by atoms with E-state index >= 15 is 0 Å². The van der Waals surface area contributed by atoms with E-state index in [0.29, 0.717) is 19.3 Å². The van der Waals surface area contributed by atoms with E-state index < -0.39 is 12.1 Å². The van der Waals surface area contributed by atoms with Crippen molar-refractivity contribution < 1.29 is 19.8 Å². The summed E-state index contributed by atoms with van der Waals surface area (Å²) in [6.45, 7) is 2.17. The first kappa shape index (κ1) is 22.1. The molecule has 0 radical (unpaired) electrons. The van der Waals surface area contributed by atoms with Gasteiger partial charge in [0.25, 0.3) is 0 Å². The molecule has 24 heavy (non-hydrogen) atoms. The summed E-state index contributed by atoms with van der Waals surface area (Å²) < 4.78 is 0. The van der Waals surface area contributed by atoms with Crippen molar-refractivity contribution in [1.29, 1.82) is 0 Å². The SMILES string of the molecule is CCCCC/C=C/CC(=O)/C=C/C=C/C=C/[C@@H](O)CCCC(=O)O. The van der Waals surface area contributed by atoms with Crippen LogP contribution in [-0.4, -0.2) is 28.1 Å². The Kier molecular flexibility index (Phi) is 14.6. The summed E-state index contributed by atoms with van der Waals surface area (Å²) in [5.74, 6) is -0.791. The highest BCUT2D eigenvalue weighted by molar-refractivity contribution is 5.90. The van der Waals surface area contributed by atoms with E-state index in [1.807, 2.05) is 6.08 Å². The maximum atomic E-state index is 11.6. The van der Waals surface area contributed by atoms with Crippen LogP contribution in [0.3, 0.4) is 0 Å². The molecule has 4 nitrogen and oxygen atoms in total. The fraction of sp³-hybridized carbons (Fsp3) is 0.500. The van der Waals surface area contributed by atoms with Crippen molar-refractivity contribution in [2.45, 2.75) is 64.4 Å². The summed E-state index contributed by atoms with van der Waals surface area (Å²) >= 11 is 0. The standard InChI is InChI=1S/C20H30O4/c1-2-3-4-5-6-9-13-18(21)14-10-7-8-11-15-19(22)16-12-17-20(23)24/h6-11,14-15,19,22H,2-5,12-13,16-17H2,1H3,(H,23,24)/b8-7+,9-6+,14-10+,15-11+/t19-/m1/s1. The lowest BCUT2D eigenvalue weighted by molar-refractivity contribution is -0.137. The highest BCUT2D eigenvalue weighted by Gasteiger charge is 2.01. The number of unbranched alkanes of at least 4 members (excludes halogenated alkanes) is 3. The van der Waals surface area contributed by atoms with Crippen LogP contribution in [0.15, 0.2) is 48.6 Å². The Morgan fingerprint density at radius 2 is 1.75 bits per heavy atom. The summed E-state index contributed by atoms with van der Waals surface area (Å²) in [7, 11) is 0. The molecule has 1 atom stereocenters. The smallest absolute Gasteiger partial charge is 0.303 e. The summed E-state index contributed by atoms with van der Waals surface area (Å²) in [4.78, 5) is 21.9. The highest BCUT2D eigenvalue weighted by atomic mass is 16.4. The molecule has 0 saturated heterocycles. The Hall–Kier alpha value is -1.94. The first-order valence-electron chi connectivity index (χ1n) is 8.65. The quantitative estimate of drug-likeness (QED) is 0.214. The maximum Gasteiger partial charge on any atom is 0.303 e. The number of hydrogen-bond acceptors (Lipinski definition) is 3. The van der Waals surface area contributed by atoms with E-state index in [-0.39, 0.29) is 12.2 Å². The second-order valence-corrected chi connectivity index (χ2v) is 5.62. The zero-order chi connectivity index (χ0) is 18.0. The molecule has 0 spiro atoms. The van der Waals surface area contributed by atoms with Crippen LogP contribution in [0.25, 0.3) is 0 Å². The molecule has 0 aliphatic carbocycles. The van der Waals surface area contributed by atoms with Gasteiger partial charge in [0.05, 0.1) is 6.10 Å². The third-order valence-corrected chi connectivity index (χ3v) is 3.30. The van der Waals surface area contributed by atoms with Gasteiger partial charge in [0.2, 0.25) is 0 Å². The molecule has 0 rings (SSSR count). The predicted molar refractivity (Wildman–Crippen MR) is 97.8 cm³/mol. The van der Waals surface area contributed by atoms with Gasteiger partial charge in [0, 0.05) is 12.8 Å². The largest absolute Gasteiger partial charge is 0.481 e. The molecule has 4 heteroatoms. The number of aliphatic carboxylic acids is 1. The van der Waals surface area contributed by atoms with Crippen molar-refractivity contribution in [2.24, 2.45) is 0 Å². The highest BCUT2D eigenvalue weighted by Crippen LogP contribution is 2.02. The van der Waals surface area contributed by atoms with E-state index in [4.69, 9.17) is 5.11 Å². The van der Waals surface area contributed by atoms with Crippen LogP contribution >= 0.6 is 0 Å². The minimum atomic E-state index is -0.850. The molecule has 0 bridgehead atoms. The van der Waals surface area contributed by atoms with E-state index in [1.54, 1.807) is 30.4 Å². The van der Waals surface area contributed by atoms with Crippen LogP contribution in [-0.2, 0) is 9.59 Å². The topological polar surface area (TPSA) is 74.6 Å². The van der Waals surface area contributed by atoms with Crippen LogP contribution < -0.4 is 0 Å². The van der Waals surface area contributed by atoms with Gasteiger partial charge in [-0.1, -0.05) is 62.3 Å². The van der Waals surface area contributed by atoms with Crippen molar-refractivity contribution in [3.63, 3.8) is 0 Å². The Balaban J connectivity index is 3.83. The minimum Gasteiger partial charge on any atom is -0.481 e. The maximum absolute atomic E-state index is 11.6. The molecule has 0 aromatic rings. The normalized spacial score (nSPS) is 13.6. The number of rotatable bonds is 14. The van der Waals surface area contributed by atoms with Crippen molar-refractivity contribution in [3.8, 4) is 0 Å². The van der Waals surface area contributed by atoms with Gasteiger partial charge in [-0.05, 0) is 31.8 Å². The molecule has 0 aromatic carbocycles. The Morgan fingerprint density at radius 3 is 2.46 bits per heavy atom. The van der Waals surface area contributed by atoms with Gasteiger partial charge in [0.15, 0.2) is 5.78 Å². The predicted octanol–water partition coefficient (Wildman–Crippen LogP) is 4.37. The van der Waals surface area contributed by atoms with Crippen molar-refractivity contribution >= 4 is 11.8 Å². The molecule has 0 aliphatic heterocycles. The first-order valence-corrected chi connectivity index (χ1v) is 8.65. The van der Waals surface area contributed by atoms with Crippen LogP contribution in [0.2, 0.25) is 0 Å². The van der Waals surface area contributed by atoms with Crippen molar-refractivity contribution in [3.05, 3.63) is 48.6 Å². The average molecular weight is 334 g/mol. The summed E-state index contributed by atoms with van der Waals surface area (Å²) in [5.41, 5.74) is 0. The lowest BCUT2D eigenvalue weighted by Gasteiger charge is -2.02. The van der Waals surface area contributed by atoms with Gasteiger partial charge in [-0.3, -0.25) is 9.59 Å². The molecule has 0 heterocycles. The lowest BCUT2D eigenvalue weighted by Crippen LogP contribution is -2.03. The molecular weight excluding hydrogens is 304 g/mol. The summed E-state index contributed by atoms with van der Waals surface area (Å²) in [5, 5.41) is 18.1. The minimum absolute atomic E-state index is 0.0593.